The Balaban J connectivity index is 1.49. The number of benzene rings is 3. The molecule has 0 bridgehead atoms. The van der Waals surface area contributed by atoms with Crippen molar-refractivity contribution in [2.24, 2.45) is 5.92 Å². The Morgan fingerprint density at radius 2 is 1.50 bits per heavy atom. The Morgan fingerprint density at radius 1 is 0.875 bits per heavy atom. The topological polar surface area (TPSA) is 113 Å². The number of nitrogens with zero attached hydrogens (tertiary/aromatic N) is 1. The average molecular weight is 596 g/mol. The molecule has 0 unspecified atom stereocenters. The minimum atomic E-state index is -4.63. The molecule has 0 radical (unpaired) electrons. The first-order valence-electron chi connectivity index (χ1n) is 12.4. The van der Waals surface area contributed by atoms with Gasteiger partial charge in [0.2, 0.25) is 10.0 Å². The van der Waals surface area contributed by atoms with Crippen LogP contribution >= 0.6 is 0 Å². The molecule has 1 aliphatic heterocycles. The number of piperidine rings is 1. The van der Waals surface area contributed by atoms with Crippen molar-refractivity contribution < 1.29 is 34.8 Å². The molecule has 2 N–H and O–H groups in total. The lowest BCUT2D eigenvalue weighted by Gasteiger charge is -2.29. The first-order valence-corrected chi connectivity index (χ1v) is 15.3. The van der Waals surface area contributed by atoms with Gasteiger partial charge in [0.25, 0.3) is 15.9 Å². The lowest BCUT2D eigenvalue weighted by Crippen LogP contribution is -2.38. The summed E-state index contributed by atoms with van der Waals surface area (Å²) < 4.78 is 94.1. The largest absolute Gasteiger partial charge is 0.416 e. The zero-order valence-corrected chi connectivity index (χ0v) is 23.3. The molecule has 0 aromatic heterocycles. The van der Waals surface area contributed by atoms with Crippen molar-refractivity contribution in [3.05, 3.63) is 83.4 Å². The third kappa shape index (κ3) is 6.65. The van der Waals surface area contributed by atoms with Gasteiger partial charge in [-0.05, 0) is 85.8 Å². The van der Waals surface area contributed by atoms with Crippen LogP contribution in [-0.4, -0.2) is 40.1 Å². The number of anilines is 2. The van der Waals surface area contributed by atoms with Gasteiger partial charge in [0.15, 0.2) is 0 Å². The molecule has 214 valence electrons. The van der Waals surface area contributed by atoms with Gasteiger partial charge < -0.3 is 5.32 Å². The van der Waals surface area contributed by atoms with Crippen molar-refractivity contribution in [3.8, 4) is 0 Å². The Labute approximate surface area is 231 Å². The predicted octanol–water partition coefficient (Wildman–Crippen LogP) is 5.49. The number of hydrogen-bond donors (Lipinski definition) is 2. The van der Waals surface area contributed by atoms with Crippen molar-refractivity contribution in [2.75, 3.05) is 23.1 Å². The summed E-state index contributed by atoms with van der Waals surface area (Å²) in [7, 11) is -7.99. The van der Waals surface area contributed by atoms with E-state index >= 15 is 0 Å². The molecule has 1 heterocycles. The van der Waals surface area contributed by atoms with Crippen LogP contribution in [0, 0.1) is 12.8 Å². The third-order valence-corrected chi connectivity index (χ3v) is 9.99. The van der Waals surface area contributed by atoms with E-state index in [9.17, 15) is 34.8 Å². The zero-order valence-electron chi connectivity index (χ0n) is 21.7. The van der Waals surface area contributed by atoms with Crippen molar-refractivity contribution >= 4 is 37.3 Å². The molecule has 4 rings (SSSR count). The minimum Gasteiger partial charge on any atom is -0.322 e. The molecular weight excluding hydrogens is 567 g/mol. The van der Waals surface area contributed by atoms with Crippen LogP contribution < -0.4 is 10.0 Å². The summed E-state index contributed by atoms with van der Waals surface area (Å²) in [4.78, 5) is 12.8. The number of carbonyl (C=O) groups excluding carboxylic acids is 1. The number of carbonyl (C=O) groups is 1. The van der Waals surface area contributed by atoms with Gasteiger partial charge >= 0.3 is 6.18 Å². The zero-order chi connectivity index (χ0) is 29.3. The van der Waals surface area contributed by atoms with E-state index < -0.39 is 37.7 Å². The van der Waals surface area contributed by atoms with Gasteiger partial charge in [-0.2, -0.15) is 17.5 Å². The number of hydrogen-bond acceptors (Lipinski definition) is 5. The van der Waals surface area contributed by atoms with Crippen LogP contribution in [0.15, 0.2) is 76.5 Å². The molecular formula is C27H28F3N3O5S2. The maximum Gasteiger partial charge on any atom is 0.416 e. The number of aryl methyl sites for hydroxylation is 1. The number of rotatable bonds is 7. The molecule has 0 saturated carbocycles. The van der Waals surface area contributed by atoms with Crippen LogP contribution in [-0.2, 0) is 26.2 Å². The summed E-state index contributed by atoms with van der Waals surface area (Å²) in [5, 5.41) is 2.63. The van der Waals surface area contributed by atoms with E-state index in [-0.39, 0.29) is 26.7 Å². The number of halogens is 3. The molecule has 3 aromatic rings. The molecule has 0 atom stereocenters. The van der Waals surface area contributed by atoms with Crippen LogP contribution in [0.25, 0.3) is 0 Å². The summed E-state index contributed by atoms with van der Waals surface area (Å²) in [5.74, 6) is -0.136. The Kier molecular flexibility index (Phi) is 8.29. The molecule has 1 aliphatic rings. The fourth-order valence-electron chi connectivity index (χ4n) is 4.27. The van der Waals surface area contributed by atoms with Crippen LogP contribution in [0.2, 0.25) is 0 Å². The summed E-state index contributed by atoms with van der Waals surface area (Å²) in [6.07, 6.45) is -3.10. The summed E-state index contributed by atoms with van der Waals surface area (Å²) >= 11 is 0. The highest BCUT2D eigenvalue weighted by Crippen LogP contribution is 2.31. The first kappa shape index (κ1) is 29.6. The summed E-state index contributed by atoms with van der Waals surface area (Å²) in [6.45, 7) is 4.57. The van der Waals surface area contributed by atoms with Crippen molar-refractivity contribution in [1.82, 2.24) is 4.31 Å². The standard InChI is InChI=1S/C27H28F3N3O5S2/c1-18-12-14-33(15-13-18)40(37,38)24-9-6-19(2)25(17-24)26(34)31-21-7-10-23(11-8-21)39(35,36)32-22-5-3-4-20(16-22)27(28,29)30/h3-11,16-18,32H,12-15H2,1-2H3,(H,31,34). The fraction of sp³-hybridized carbons (Fsp3) is 0.296. The number of amides is 1. The molecule has 0 aliphatic carbocycles. The first-order chi connectivity index (χ1) is 18.7. The Hall–Kier alpha value is -3.42. The summed E-state index contributed by atoms with van der Waals surface area (Å²) in [6, 6.07) is 13.2. The van der Waals surface area contributed by atoms with E-state index in [1.54, 1.807) is 13.0 Å². The maximum atomic E-state index is 13.1. The smallest absolute Gasteiger partial charge is 0.322 e. The van der Waals surface area contributed by atoms with E-state index in [2.05, 4.69) is 17.0 Å². The van der Waals surface area contributed by atoms with Crippen molar-refractivity contribution in [2.45, 2.75) is 42.7 Å². The van der Waals surface area contributed by atoms with E-state index in [1.807, 2.05) is 0 Å². The average Bonchev–Trinajstić information content (AvgIpc) is 2.89. The van der Waals surface area contributed by atoms with Crippen LogP contribution in [0.4, 0.5) is 24.5 Å². The van der Waals surface area contributed by atoms with Crippen LogP contribution in [0.3, 0.4) is 0 Å². The second-order valence-corrected chi connectivity index (χ2v) is 13.3. The van der Waals surface area contributed by atoms with E-state index in [0.717, 1.165) is 25.0 Å². The van der Waals surface area contributed by atoms with Gasteiger partial charge in [0.05, 0.1) is 15.4 Å². The van der Waals surface area contributed by atoms with Gasteiger partial charge in [-0.3, -0.25) is 9.52 Å². The minimum absolute atomic E-state index is 0.0138. The van der Waals surface area contributed by atoms with Gasteiger partial charge in [-0.1, -0.05) is 19.1 Å². The van der Waals surface area contributed by atoms with Crippen LogP contribution in [0.1, 0.15) is 41.3 Å². The van der Waals surface area contributed by atoms with E-state index in [4.69, 9.17) is 0 Å². The second kappa shape index (κ2) is 11.2. The highest BCUT2D eigenvalue weighted by Gasteiger charge is 2.31. The monoisotopic (exact) mass is 595 g/mol. The number of sulfonamides is 2. The quantitative estimate of drug-likeness (QED) is 0.375. The Morgan fingerprint density at radius 3 is 2.12 bits per heavy atom. The molecule has 13 heteroatoms. The number of nitrogens with one attached hydrogen (secondary N) is 2. The SMILES string of the molecule is Cc1ccc(S(=O)(=O)N2CCC(C)CC2)cc1C(=O)Nc1ccc(S(=O)(=O)Nc2cccc(C(F)(F)F)c2)cc1. The fourth-order valence-corrected chi connectivity index (χ4v) is 6.82. The van der Waals surface area contributed by atoms with Gasteiger partial charge in [-0.15, -0.1) is 0 Å². The van der Waals surface area contributed by atoms with Crippen molar-refractivity contribution in [1.29, 1.82) is 0 Å². The highest BCUT2D eigenvalue weighted by atomic mass is 32.2. The lowest BCUT2D eigenvalue weighted by molar-refractivity contribution is -0.137. The third-order valence-electron chi connectivity index (χ3n) is 6.70. The molecule has 3 aromatic carbocycles. The second-order valence-electron chi connectivity index (χ2n) is 9.73. The molecule has 1 saturated heterocycles. The summed E-state index contributed by atoms with van der Waals surface area (Å²) in [5.41, 5.74) is -0.316. The molecule has 40 heavy (non-hydrogen) atoms. The van der Waals surface area contributed by atoms with E-state index in [0.29, 0.717) is 30.6 Å². The van der Waals surface area contributed by atoms with Crippen LogP contribution in [0.5, 0.6) is 0 Å². The Bertz CT molecular complexity index is 1620. The van der Waals surface area contributed by atoms with Gasteiger partial charge in [0, 0.05) is 30.0 Å². The van der Waals surface area contributed by atoms with Crippen molar-refractivity contribution in [3.63, 3.8) is 0 Å². The van der Waals surface area contributed by atoms with Gasteiger partial charge in [0.1, 0.15) is 0 Å². The molecule has 0 spiro atoms. The molecule has 1 amide bonds. The molecule has 1 fully saturated rings. The highest BCUT2D eigenvalue weighted by molar-refractivity contribution is 7.92. The maximum absolute atomic E-state index is 13.1. The van der Waals surface area contributed by atoms with E-state index in [1.165, 1.54) is 46.8 Å². The molecule has 8 nitrogen and oxygen atoms in total. The van der Waals surface area contributed by atoms with Gasteiger partial charge in [-0.25, -0.2) is 16.8 Å². The normalized spacial score (nSPS) is 15.5. The lowest BCUT2D eigenvalue weighted by atomic mass is 10.0. The predicted molar refractivity (Wildman–Crippen MR) is 145 cm³/mol. The number of alkyl halides is 3.